The molecule has 1 atom stereocenters. The Hall–Kier alpha value is -1.69. The van der Waals surface area contributed by atoms with Crippen molar-refractivity contribution in [1.29, 1.82) is 0 Å². The highest BCUT2D eigenvalue weighted by molar-refractivity contribution is 8.01. The molecule has 0 radical (unpaired) electrons. The van der Waals surface area contributed by atoms with E-state index in [1.165, 1.54) is 12.1 Å². The summed E-state index contributed by atoms with van der Waals surface area (Å²) in [6.45, 7) is 5.72. The van der Waals surface area contributed by atoms with Crippen molar-refractivity contribution in [3.8, 4) is 5.75 Å². The Morgan fingerprint density at radius 2 is 1.76 bits per heavy atom. The summed E-state index contributed by atoms with van der Waals surface area (Å²) in [4.78, 5) is 2.55. The molecule has 2 aromatic rings. The predicted molar refractivity (Wildman–Crippen MR) is 106 cm³/mol. The van der Waals surface area contributed by atoms with Crippen LogP contribution in [0, 0.1) is 0 Å². The summed E-state index contributed by atoms with van der Waals surface area (Å²) in [5.74, 6) is 0.984. The Kier molecular flexibility index (Phi) is 5.45. The molecule has 1 fully saturated rings. The standard InChI is InChI=1S/C20H25N3OS/c1-2-7-17(8-3-1)23-18-9-4-5-10-19(18)24-20(25-23)11-6-14-22-15-12-21-13-16-22/h1-5,7-10,20-21H,6,11-16H2. The lowest BCUT2D eigenvalue weighted by atomic mass is 10.2. The van der Waals surface area contributed by atoms with Gasteiger partial charge in [0.05, 0.1) is 11.4 Å². The van der Waals surface area contributed by atoms with Crippen LogP contribution in [0.3, 0.4) is 0 Å². The fourth-order valence-corrected chi connectivity index (χ4v) is 4.52. The van der Waals surface area contributed by atoms with Gasteiger partial charge in [0.2, 0.25) is 0 Å². The van der Waals surface area contributed by atoms with Crippen LogP contribution in [-0.4, -0.2) is 43.1 Å². The molecule has 0 bridgehead atoms. The fourth-order valence-electron chi connectivity index (χ4n) is 3.35. The molecule has 2 aliphatic heterocycles. The second-order valence-corrected chi connectivity index (χ2v) is 7.59. The lowest BCUT2D eigenvalue weighted by molar-refractivity contribution is 0.217. The van der Waals surface area contributed by atoms with Gasteiger partial charge in [0.15, 0.2) is 5.44 Å². The zero-order valence-electron chi connectivity index (χ0n) is 14.4. The van der Waals surface area contributed by atoms with Gasteiger partial charge < -0.3 is 15.0 Å². The molecular formula is C20H25N3OS. The lowest BCUT2D eigenvalue weighted by Crippen LogP contribution is -2.43. The molecule has 2 heterocycles. The van der Waals surface area contributed by atoms with E-state index >= 15 is 0 Å². The minimum absolute atomic E-state index is 0.165. The summed E-state index contributed by atoms with van der Waals surface area (Å²) in [6.07, 6.45) is 2.23. The number of piperazine rings is 1. The molecule has 0 amide bonds. The molecule has 1 unspecified atom stereocenters. The first-order valence-corrected chi connectivity index (χ1v) is 9.94. The Bertz CT molecular complexity index is 676. The molecule has 4 rings (SSSR count). The topological polar surface area (TPSA) is 27.7 Å². The first-order valence-electron chi connectivity index (χ1n) is 9.11. The minimum Gasteiger partial charge on any atom is -0.476 e. The van der Waals surface area contributed by atoms with Gasteiger partial charge in [-0.05, 0) is 43.7 Å². The number of nitrogens with zero attached hydrogens (tertiary/aromatic N) is 2. The quantitative estimate of drug-likeness (QED) is 0.822. The summed E-state index contributed by atoms with van der Waals surface area (Å²) in [5, 5.41) is 3.41. The number of hydrogen-bond acceptors (Lipinski definition) is 5. The van der Waals surface area contributed by atoms with E-state index in [0.29, 0.717) is 0 Å². The van der Waals surface area contributed by atoms with Crippen molar-refractivity contribution < 1.29 is 4.74 Å². The average molecular weight is 356 g/mol. The van der Waals surface area contributed by atoms with Crippen LogP contribution in [0.25, 0.3) is 0 Å². The van der Waals surface area contributed by atoms with Gasteiger partial charge in [-0.3, -0.25) is 4.31 Å². The monoisotopic (exact) mass is 355 g/mol. The highest BCUT2D eigenvalue weighted by Crippen LogP contribution is 2.45. The Morgan fingerprint density at radius 1 is 1.00 bits per heavy atom. The third-order valence-electron chi connectivity index (χ3n) is 4.68. The summed E-state index contributed by atoms with van der Waals surface area (Å²) < 4.78 is 8.58. The van der Waals surface area contributed by atoms with Crippen molar-refractivity contribution in [2.75, 3.05) is 37.0 Å². The molecule has 25 heavy (non-hydrogen) atoms. The summed E-state index contributed by atoms with van der Waals surface area (Å²) in [7, 11) is 0. The number of fused-ring (bicyclic) bond motifs is 1. The van der Waals surface area contributed by atoms with Gasteiger partial charge in [0, 0.05) is 38.1 Å². The van der Waals surface area contributed by atoms with Crippen LogP contribution in [-0.2, 0) is 0 Å². The van der Waals surface area contributed by atoms with E-state index < -0.39 is 0 Å². The highest BCUT2D eigenvalue weighted by atomic mass is 32.2. The first kappa shape index (κ1) is 16.8. The van der Waals surface area contributed by atoms with E-state index in [9.17, 15) is 0 Å². The van der Waals surface area contributed by atoms with Crippen LogP contribution < -0.4 is 14.4 Å². The molecule has 0 aromatic heterocycles. The molecule has 2 aliphatic rings. The largest absolute Gasteiger partial charge is 0.476 e. The zero-order valence-corrected chi connectivity index (χ0v) is 15.3. The molecule has 0 spiro atoms. The molecule has 1 N–H and O–H groups in total. The number of para-hydroxylation sites is 3. The Labute approximate surface area is 154 Å². The predicted octanol–water partition coefficient (Wildman–Crippen LogP) is 3.88. The number of benzene rings is 2. The number of rotatable bonds is 5. The number of anilines is 2. The maximum atomic E-state index is 6.26. The normalized spacial score (nSPS) is 20.8. The molecule has 1 saturated heterocycles. The van der Waals surface area contributed by atoms with E-state index in [1.807, 2.05) is 0 Å². The fraction of sp³-hybridized carbons (Fsp3) is 0.400. The Morgan fingerprint density at radius 3 is 2.60 bits per heavy atom. The van der Waals surface area contributed by atoms with E-state index in [4.69, 9.17) is 4.74 Å². The third kappa shape index (κ3) is 4.11. The van der Waals surface area contributed by atoms with Gasteiger partial charge >= 0.3 is 0 Å². The van der Waals surface area contributed by atoms with Crippen molar-refractivity contribution in [1.82, 2.24) is 10.2 Å². The van der Waals surface area contributed by atoms with E-state index in [0.717, 1.165) is 50.6 Å². The maximum Gasteiger partial charge on any atom is 0.163 e. The molecule has 5 heteroatoms. The van der Waals surface area contributed by atoms with Crippen LogP contribution in [0.4, 0.5) is 11.4 Å². The van der Waals surface area contributed by atoms with E-state index in [2.05, 4.69) is 69.1 Å². The maximum absolute atomic E-state index is 6.26. The van der Waals surface area contributed by atoms with Crippen molar-refractivity contribution >= 4 is 23.3 Å². The molecule has 2 aromatic carbocycles. The average Bonchev–Trinajstić information content (AvgIpc) is 2.69. The van der Waals surface area contributed by atoms with Gasteiger partial charge in [0.25, 0.3) is 0 Å². The van der Waals surface area contributed by atoms with Crippen molar-refractivity contribution in [3.63, 3.8) is 0 Å². The number of ether oxygens (including phenoxy) is 1. The van der Waals surface area contributed by atoms with Crippen molar-refractivity contribution in [3.05, 3.63) is 54.6 Å². The minimum atomic E-state index is 0.165. The van der Waals surface area contributed by atoms with Gasteiger partial charge in [0.1, 0.15) is 5.75 Å². The second-order valence-electron chi connectivity index (χ2n) is 6.48. The van der Waals surface area contributed by atoms with Gasteiger partial charge in [-0.15, -0.1) is 0 Å². The van der Waals surface area contributed by atoms with Crippen LogP contribution in [0.5, 0.6) is 5.75 Å². The number of hydrogen-bond donors (Lipinski definition) is 1. The molecular weight excluding hydrogens is 330 g/mol. The van der Waals surface area contributed by atoms with Crippen molar-refractivity contribution in [2.45, 2.75) is 18.3 Å². The third-order valence-corrected chi connectivity index (χ3v) is 5.87. The van der Waals surface area contributed by atoms with Gasteiger partial charge in [-0.2, -0.15) is 0 Å². The SMILES string of the molecule is c1ccc(N2SC(CCCN3CCNCC3)Oc3ccccc32)cc1. The van der Waals surface area contributed by atoms with E-state index in [1.54, 1.807) is 11.9 Å². The lowest BCUT2D eigenvalue weighted by Gasteiger charge is -2.35. The highest BCUT2D eigenvalue weighted by Gasteiger charge is 2.27. The van der Waals surface area contributed by atoms with Crippen LogP contribution in [0.15, 0.2) is 54.6 Å². The summed E-state index contributed by atoms with van der Waals surface area (Å²) in [5.41, 5.74) is 2.51. The molecule has 132 valence electrons. The van der Waals surface area contributed by atoms with Crippen LogP contribution in [0.1, 0.15) is 12.8 Å². The molecule has 0 saturated carbocycles. The van der Waals surface area contributed by atoms with Gasteiger partial charge in [-0.25, -0.2) is 0 Å². The summed E-state index contributed by atoms with van der Waals surface area (Å²) >= 11 is 1.79. The smallest absolute Gasteiger partial charge is 0.163 e. The van der Waals surface area contributed by atoms with Crippen LogP contribution >= 0.6 is 11.9 Å². The van der Waals surface area contributed by atoms with Crippen LogP contribution in [0.2, 0.25) is 0 Å². The van der Waals surface area contributed by atoms with E-state index in [-0.39, 0.29) is 5.44 Å². The van der Waals surface area contributed by atoms with Crippen molar-refractivity contribution in [2.24, 2.45) is 0 Å². The van der Waals surface area contributed by atoms with Gasteiger partial charge in [-0.1, -0.05) is 30.3 Å². The Balaban J connectivity index is 1.42. The second kappa shape index (κ2) is 8.13. The number of nitrogens with one attached hydrogen (secondary N) is 1. The first-order chi connectivity index (χ1) is 12.4. The molecule has 4 nitrogen and oxygen atoms in total. The summed E-state index contributed by atoms with van der Waals surface area (Å²) in [6, 6.07) is 18.9. The molecule has 0 aliphatic carbocycles. The zero-order chi connectivity index (χ0) is 16.9.